The van der Waals surface area contributed by atoms with Crippen molar-refractivity contribution in [1.82, 2.24) is 14.8 Å². The van der Waals surface area contributed by atoms with E-state index in [1.807, 2.05) is 73.7 Å². The third-order valence-electron chi connectivity index (χ3n) is 5.64. The molecule has 6 nitrogen and oxygen atoms in total. The Kier molecular flexibility index (Phi) is 5.00. The summed E-state index contributed by atoms with van der Waals surface area (Å²) < 4.78 is 7.07. The average Bonchev–Trinajstić information content (AvgIpc) is 3.20. The number of para-hydroxylation sites is 2. The van der Waals surface area contributed by atoms with Gasteiger partial charge in [0, 0.05) is 16.7 Å². The smallest absolute Gasteiger partial charge is 0.164 e. The van der Waals surface area contributed by atoms with E-state index in [0.29, 0.717) is 33.8 Å². The van der Waals surface area contributed by atoms with Crippen molar-refractivity contribution in [2.75, 3.05) is 7.11 Å². The molecule has 2 aromatic heterocycles. The standard InChI is InChI=1S/C27H20N4O2/c1-17-24-25(21-10-6-7-11-23(21)32)22(16-28)26(18-12-14-20(33-2)15-13-18)29-27(24)31(30-17)19-8-4-3-5-9-19/h3-15,32H,1-2H3. The van der Waals surface area contributed by atoms with Crippen LogP contribution in [0.15, 0.2) is 78.9 Å². The topological polar surface area (TPSA) is 84.0 Å². The van der Waals surface area contributed by atoms with Gasteiger partial charge >= 0.3 is 0 Å². The summed E-state index contributed by atoms with van der Waals surface area (Å²) in [6, 6.07) is 26.5. The van der Waals surface area contributed by atoms with Crippen molar-refractivity contribution in [3.8, 4) is 45.6 Å². The third-order valence-corrected chi connectivity index (χ3v) is 5.64. The van der Waals surface area contributed by atoms with Gasteiger partial charge in [-0.3, -0.25) is 0 Å². The van der Waals surface area contributed by atoms with Gasteiger partial charge in [-0.15, -0.1) is 0 Å². The van der Waals surface area contributed by atoms with E-state index in [0.717, 1.165) is 22.3 Å². The highest BCUT2D eigenvalue weighted by atomic mass is 16.5. The van der Waals surface area contributed by atoms with Gasteiger partial charge < -0.3 is 9.84 Å². The van der Waals surface area contributed by atoms with Crippen molar-refractivity contribution in [2.24, 2.45) is 0 Å². The first-order chi connectivity index (χ1) is 16.1. The number of hydrogen-bond donors (Lipinski definition) is 1. The predicted octanol–water partition coefficient (Wildman–Crippen LogP) is 5.65. The zero-order chi connectivity index (χ0) is 22.9. The Balaban J connectivity index is 1.93. The van der Waals surface area contributed by atoms with Crippen LogP contribution in [-0.4, -0.2) is 27.0 Å². The SMILES string of the molecule is COc1ccc(-c2nc3c(c(C)nn3-c3ccccc3)c(-c3ccccc3O)c2C#N)cc1. The molecule has 0 unspecified atom stereocenters. The molecule has 6 heteroatoms. The molecule has 0 saturated carbocycles. The van der Waals surface area contributed by atoms with Crippen molar-refractivity contribution >= 4 is 11.0 Å². The minimum atomic E-state index is 0.0917. The van der Waals surface area contributed by atoms with Crippen molar-refractivity contribution in [2.45, 2.75) is 6.92 Å². The summed E-state index contributed by atoms with van der Waals surface area (Å²) in [5.41, 5.74) is 5.03. The van der Waals surface area contributed by atoms with Crippen LogP contribution in [0.3, 0.4) is 0 Å². The van der Waals surface area contributed by atoms with Crippen LogP contribution in [0.1, 0.15) is 11.3 Å². The lowest BCUT2D eigenvalue weighted by Gasteiger charge is -2.14. The van der Waals surface area contributed by atoms with E-state index >= 15 is 0 Å². The molecule has 5 rings (SSSR count). The summed E-state index contributed by atoms with van der Waals surface area (Å²) >= 11 is 0. The van der Waals surface area contributed by atoms with Gasteiger partial charge in [-0.25, -0.2) is 9.67 Å². The maximum Gasteiger partial charge on any atom is 0.164 e. The molecule has 0 spiro atoms. The van der Waals surface area contributed by atoms with Crippen LogP contribution < -0.4 is 4.74 Å². The number of aryl methyl sites for hydroxylation is 1. The molecule has 0 fully saturated rings. The Labute approximate surface area is 191 Å². The van der Waals surface area contributed by atoms with Gasteiger partial charge in [0.2, 0.25) is 0 Å². The number of nitrogens with zero attached hydrogens (tertiary/aromatic N) is 4. The second-order valence-electron chi connectivity index (χ2n) is 7.60. The Bertz CT molecular complexity index is 1510. The normalized spacial score (nSPS) is 10.8. The highest BCUT2D eigenvalue weighted by Crippen LogP contribution is 2.41. The number of phenolic OH excluding ortho intramolecular Hbond substituents is 1. The molecule has 0 atom stereocenters. The highest BCUT2D eigenvalue weighted by molar-refractivity contribution is 6.02. The van der Waals surface area contributed by atoms with Crippen molar-refractivity contribution in [3.63, 3.8) is 0 Å². The van der Waals surface area contributed by atoms with Crippen molar-refractivity contribution in [3.05, 3.63) is 90.1 Å². The molecule has 0 radical (unpaired) electrons. The number of methoxy groups -OCH3 is 1. The molecule has 0 saturated heterocycles. The first kappa shape index (κ1) is 20.3. The van der Waals surface area contributed by atoms with Crippen LogP contribution in [-0.2, 0) is 0 Å². The number of pyridine rings is 1. The fourth-order valence-corrected chi connectivity index (χ4v) is 4.09. The number of ether oxygens (including phenoxy) is 1. The maximum atomic E-state index is 10.7. The van der Waals surface area contributed by atoms with Gasteiger partial charge in [-0.05, 0) is 49.4 Å². The molecule has 3 aromatic carbocycles. The summed E-state index contributed by atoms with van der Waals surface area (Å²) in [5.74, 6) is 0.804. The maximum absolute atomic E-state index is 10.7. The largest absolute Gasteiger partial charge is 0.507 e. The molecule has 5 aromatic rings. The van der Waals surface area contributed by atoms with E-state index in [1.165, 1.54) is 0 Å². The van der Waals surface area contributed by atoms with Gasteiger partial charge in [0.25, 0.3) is 0 Å². The quantitative estimate of drug-likeness (QED) is 0.397. The van der Waals surface area contributed by atoms with E-state index in [1.54, 1.807) is 23.9 Å². The van der Waals surface area contributed by atoms with Crippen molar-refractivity contribution in [1.29, 1.82) is 5.26 Å². The molecule has 33 heavy (non-hydrogen) atoms. The van der Waals surface area contributed by atoms with E-state index in [-0.39, 0.29) is 5.75 Å². The second kappa shape index (κ2) is 8.13. The van der Waals surface area contributed by atoms with Gasteiger partial charge in [0.05, 0.1) is 35.1 Å². The zero-order valence-corrected chi connectivity index (χ0v) is 18.1. The first-order valence-electron chi connectivity index (χ1n) is 10.4. The lowest BCUT2D eigenvalue weighted by molar-refractivity contribution is 0.415. The minimum Gasteiger partial charge on any atom is -0.507 e. The number of benzene rings is 3. The second-order valence-corrected chi connectivity index (χ2v) is 7.60. The molecule has 2 heterocycles. The van der Waals surface area contributed by atoms with E-state index in [2.05, 4.69) is 6.07 Å². The summed E-state index contributed by atoms with van der Waals surface area (Å²) in [5, 5.41) is 26.5. The van der Waals surface area contributed by atoms with Crippen LogP contribution in [0, 0.1) is 18.3 Å². The van der Waals surface area contributed by atoms with Crippen LogP contribution in [0.5, 0.6) is 11.5 Å². The van der Waals surface area contributed by atoms with Crippen LogP contribution in [0.2, 0.25) is 0 Å². The number of nitriles is 1. The lowest BCUT2D eigenvalue weighted by atomic mass is 9.93. The summed E-state index contributed by atoms with van der Waals surface area (Å²) in [7, 11) is 1.61. The van der Waals surface area contributed by atoms with Gasteiger partial charge in [-0.1, -0.05) is 36.4 Å². The molecular formula is C27H20N4O2. The number of phenols is 1. The first-order valence-corrected chi connectivity index (χ1v) is 10.4. The van der Waals surface area contributed by atoms with E-state index < -0.39 is 0 Å². The van der Waals surface area contributed by atoms with Crippen LogP contribution in [0.4, 0.5) is 0 Å². The summed E-state index contributed by atoms with van der Waals surface area (Å²) in [6.07, 6.45) is 0. The Morgan fingerprint density at radius 3 is 2.30 bits per heavy atom. The molecule has 0 amide bonds. The minimum absolute atomic E-state index is 0.0917. The number of fused-ring (bicyclic) bond motifs is 1. The van der Waals surface area contributed by atoms with Gasteiger partial charge in [0.15, 0.2) is 5.65 Å². The molecule has 160 valence electrons. The number of rotatable bonds is 4. The molecule has 1 N–H and O–H groups in total. The fourth-order valence-electron chi connectivity index (χ4n) is 4.09. The number of aromatic hydroxyl groups is 1. The monoisotopic (exact) mass is 432 g/mol. The van der Waals surface area contributed by atoms with Gasteiger partial charge in [-0.2, -0.15) is 10.4 Å². The fraction of sp³-hybridized carbons (Fsp3) is 0.0741. The molecule has 0 aliphatic heterocycles. The van der Waals surface area contributed by atoms with Crippen LogP contribution >= 0.6 is 0 Å². The Morgan fingerprint density at radius 1 is 0.939 bits per heavy atom. The molecule has 0 aliphatic rings. The lowest BCUT2D eigenvalue weighted by Crippen LogP contribution is -2.01. The number of aromatic nitrogens is 3. The third kappa shape index (κ3) is 3.36. The van der Waals surface area contributed by atoms with Crippen LogP contribution in [0.25, 0.3) is 39.1 Å². The molecule has 0 aliphatic carbocycles. The average molecular weight is 432 g/mol. The van der Waals surface area contributed by atoms with Crippen molar-refractivity contribution < 1.29 is 9.84 Å². The van der Waals surface area contributed by atoms with E-state index in [9.17, 15) is 10.4 Å². The highest BCUT2D eigenvalue weighted by Gasteiger charge is 2.24. The van der Waals surface area contributed by atoms with E-state index in [4.69, 9.17) is 14.8 Å². The molecular weight excluding hydrogens is 412 g/mol. The molecule has 0 bridgehead atoms. The zero-order valence-electron chi connectivity index (χ0n) is 18.1. The Morgan fingerprint density at radius 2 is 1.64 bits per heavy atom. The summed E-state index contributed by atoms with van der Waals surface area (Å²) in [6.45, 7) is 1.89. The number of hydrogen-bond acceptors (Lipinski definition) is 5. The predicted molar refractivity (Wildman–Crippen MR) is 127 cm³/mol. The summed E-state index contributed by atoms with van der Waals surface area (Å²) in [4.78, 5) is 4.94. The Hall–Kier alpha value is -4.63. The van der Waals surface area contributed by atoms with Gasteiger partial charge in [0.1, 0.15) is 17.6 Å².